The molecule has 0 aliphatic heterocycles. The normalized spacial score (nSPS) is 22.2. The molecule has 1 fully saturated rings. The molecule has 1 aliphatic carbocycles. The Kier molecular flexibility index (Phi) is 5.53. The van der Waals surface area contributed by atoms with E-state index in [1.165, 1.54) is 25.7 Å². The SMILES string of the molecule is COCC(N)C(CO)N(C)C1CCCC1. The molecule has 2 atom stereocenters. The van der Waals surface area contributed by atoms with E-state index in [2.05, 4.69) is 11.9 Å². The minimum absolute atomic E-state index is 0.0213. The van der Waals surface area contributed by atoms with Crippen LogP contribution in [0.2, 0.25) is 0 Å². The molecule has 4 nitrogen and oxygen atoms in total. The summed E-state index contributed by atoms with van der Waals surface area (Å²) in [7, 11) is 3.70. The van der Waals surface area contributed by atoms with Crippen LogP contribution in [0, 0.1) is 0 Å². The van der Waals surface area contributed by atoms with Gasteiger partial charge in [-0.3, -0.25) is 4.90 Å². The molecule has 0 aromatic rings. The lowest BCUT2D eigenvalue weighted by Crippen LogP contribution is -2.53. The van der Waals surface area contributed by atoms with Crippen molar-refractivity contribution in [3.05, 3.63) is 0 Å². The average molecular weight is 216 g/mol. The summed E-state index contributed by atoms with van der Waals surface area (Å²) in [6.07, 6.45) is 5.05. The van der Waals surface area contributed by atoms with Crippen LogP contribution in [-0.2, 0) is 4.74 Å². The maximum atomic E-state index is 9.38. The van der Waals surface area contributed by atoms with Gasteiger partial charge in [-0.1, -0.05) is 12.8 Å². The van der Waals surface area contributed by atoms with Gasteiger partial charge in [0.1, 0.15) is 0 Å². The summed E-state index contributed by atoms with van der Waals surface area (Å²) in [5.74, 6) is 0. The van der Waals surface area contributed by atoms with Crippen LogP contribution in [0.3, 0.4) is 0 Å². The first-order chi connectivity index (χ1) is 7.20. The summed E-state index contributed by atoms with van der Waals surface area (Å²) < 4.78 is 5.04. The number of rotatable bonds is 6. The fourth-order valence-corrected chi connectivity index (χ4v) is 2.45. The van der Waals surface area contributed by atoms with Gasteiger partial charge in [0.2, 0.25) is 0 Å². The van der Waals surface area contributed by atoms with E-state index in [9.17, 15) is 5.11 Å². The van der Waals surface area contributed by atoms with Gasteiger partial charge in [-0.25, -0.2) is 0 Å². The van der Waals surface area contributed by atoms with Gasteiger partial charge in [0.05, 0.1) is 19.3 Å². The van der Waals surface area contributed by atoms with E-state index in [1.807, 2.05) is 0 Å². The smallest absolute Gasteiger partial charge is 0.0629 e. The van der Waals surface area contributed by atoms with Crippen LogP contribution >= 0.6 is 0 Å². The highest BCUT2D eigenvalue weighted by Gasteiger charge is 2.28. The molecule has 1 rings (SSSR count). The molecule has 3 N–H and O–H groups in total. The molecule has 0 saturated heterocycles. The molecule has 0 aromatic heterocycles. The van der Waals surface area contributed by atoms with Gasteiger partial charge in [-0.05, 0) is 19.9 Å². The van der Waals surface area contributed by atoms with E-state index in [0.29, 0.717) is 12.6 Å². The zero-order valence-corrected chi connectivity index (χ0v) is 9.85. The van der Waals surface area contributed by atoms with Crippen LogP contribution in [0.15, 0.2) is 0 Å². The van der Waals surface area contributed by atoms with Crippen LogP contribution in [-0.4, -0.2) is 55.5 Å². The fourth-order valence-electron chi connectivity index (χ4n) is 2.45. The molecule has 0 spiro atoms. The van der Waals surface area contributed by atoms with Gasteiger partial charge in [-0.15, -0.1) is 0 Å². The highest BCUT2D eigenvalue weighted by atomic mass is 16.5. The zero-order chi connectivity index (χ0) is 11.3. The van der Waals surface area contributed by atoms with Crippen molar-refractivity contribution in [2.24, 2.45) is 5.73 Å². The second kappa shape index (κ2) is 6.43. The summed E-state index contributed by atoms with van der Waals surface area (Å²) in [5.41, 5.74) is 5.98. The summed E-state index contributed by atoms with van der Waals surface area (Å²) in [6.45, 7) is 0.611. The summed E-state index contributed by atoms with van der Waals surface area (Å²) in [5, 5.41) is 9.38. The van der Waals surface area contributed by atoms with E-state index in [1.54, 1.807) is 7.11 Å². The molecular formula is C11H24N2O2. The number of nitrogens with zero attached hydrogens (tertiary/aromatic N) is 1. The molecule has 0 radical (unpaired) electrons. The fraction of sp³-hybridized carbons (Fsp3) is 1.00. The second-order valence-electron chi connectivity index (χ2n) is 4.47. The summed E-state index contributed by atoms with van der Waals surface area (Å²) in [4.78, 5) is 2.23. The highest BCUT2D eigenvalue weighted by Crippen LogP contribution is 2.24. The van der Waals surface area contributed by atoms with Crippen LogP contribution in [0.1, 0.15) is 25.7 Å². The number of aliphatic hydroxyl groups excluding tert-OH is 1. The van der Waals surface area contributed by atoms with E-state index in [0.717, 1.165) is 0 Å². The Balaban J connectivity index is 2.48. The lowest BCUT2D eigenvalue weighted by Gasteiger charge is -2.35. The van der Waals surface area contributed by atoms with Gasteiger partial charge >= 0.3 is 0 Å². The van der Waals surface area contributed by atoms with Crippen LogP contribution in [0.25, 0.3) is 0 Å². The van der Waals surface area contributed by atoms with Crippen molar-refractivity contribution >= 4 is 0 Å². The Hall–Kier alpha value is -0.160. The standard InChI is InChI=1S/C11H24N2O2/c1-13(9-5-3-4-6-9)11(7-14)10(12)8-15-2/h9-11,14H,3-8,12H2,1-2H3. The molecule has 1 aliphatic rings. The number of likely N-dealkylation sites (N-methyl/N-ethyl adjacent to an activating group) is 1. The maximum absolute atomic E-state index is 9.38. The Morgan fingerprint density at radius 3 is 2.53 bits per heavy atom. The van der Waals surface area contributed by atoms with Crippen molar-refractivity contribution in [3.8, 4) is 0 Å². The Morgan fingerprint density at radius 2 is 2.07 bits per heavy atom. The predicted octanol–water partition coefficient (Wildman–Crippen LogP) is 0.195. The van der Waals surface area contributed by atoms with E-state index < -0.39 is 0 Å². The number of hydrogen-bond acceptors (Lipinski definition) is 4. The lowest BCUT2D eigenvalue weighted by atomic mass is 10.1. The second-order valence-corrected chi connectivity index (χ2v) is 4.47. The molecule has 2 unspecified atom stereocenters. The molecule has 0 amide bonds. The van der Waals surface area contributed by atoms with E-state index >= 15 is 0 Å². The highest BCUT2D eigenvalue weighted by molar-refractivity contribution is 4.86. The van der Waals surface area contributed by atoms with Gasteiger partial charge in [0, 0.05) is 19.2 Å². The molecule has 0 heterocycles. The molecule has 4 heteroatoms. The van der Waals surface area contributed by atoms with Gasteiger partial charge < -0.3 is 15.6 Å². The third-order valence-corrected chi connectivity index (χ3v) is 3.46. The Labute approximate surface area is 92.4 Å². The van der Waals surface area contributed by atoms with Crippen molar-refractivity contribution in [3.63, 3.8) is 0 Å². The zero-order valence-electron chi connectivity index (χ0n) is 9.85. The number of aliphatic hydroxyl groups is 1. The number of hydrogen-bond donors (Lipinski definition) is 2. The first-order valence-electron chi connectivity index (χ1n) is 5.78. The third-order valence-electron chi connectivity index (χ3n) is 3.46. The third kappa shape index (κ3) is 3.41. The predicted molar refractivity (Wildman–Crippen MR) is 60.7 cm³/mol. The van der Waals surface area contributed by atoms with Crippen molar-refractivity contribution in [1.82, 2.24) is 4.90 Å². The lowest BCUT2D eigenvalue weighted by molar-refractivity contribution is 0.0627. The minimum atomic E-state index is -0.106. The van der Waals surface area contributed by atoms with Gasteiger partial charge in [0.25, 0.3) is 0 Å². The monoisotopic (exact) mass is 216 g/mol. The van der Waals surface area contributed by atoms with Crippen molar-refractivity contribution in [1.29, 1.82) is 0 Å². The molecule has 0 bridgehead atoms. The molecular weight excluding hydrogens is 192 g/mol. The van der Waals surface area contributed by atoms with Gasteiger partial charge in [-0.2, -0.15) is 0 Å². The minimum Gasteiger partial charge on any atom is -0.395 e. The molecule has 15 heavy (non-hydrogen) atoms. The number of nitrogens with two attached hydrogens (primary N) is 1. The largest absolute Gasteiger partial charge is 0.395 e. The topological polar surface area (TPSA) is 58.7 Å². The van der Waals surface area contributed by atoms with Crippen LogP contribution < -0.4 is 5.73 Å². The first kappa shape index (κ1) is 12.9. The Bertz CT molecular complexity index is 172. The van der Waals surface area contributed by atoms with Crippen molar-refractivity contribution in [2.45, 2.75) is 43.8 Å². The van der Waals surface area contributed by atoms with E-state index in [-0.39, 0.29) is 18.7 Å². The Morgan fingerprint density at radius 1 is 1.47 bits per heavy atom. The number of ether oxygens (including phenoxy) is 1. The average Bonchev–Trinajstić information content (AvgIpc) is 2.71. The van der Waals surface area contributed by atoms with Crippen LogP contribution in [0.4, 0.5) is 0 Å². The maximum Gasteiger partial charge on any atom is 0.0629 e. The number of methoxy groups -OCH3 is 1. The van der Waals surface area contributed by atoms with E-state index in [4.69, 9.17) is 10.5 Å². The molecule has 1 saturated carbocycles. The first-order valence-corrected chi connectivity index (χ1v) is 5.78. The molecule has 90 valence electrons. The summed E-state index contributed by atoms with van der Waals surface area (Å²) in [6, 6.07) is 0.503. The van der Waals surface area contributed by atoms with Gasteiger partial charge in [0.15, 0.2) is 0 Å². The van der Waals surface area contributed by atoms with Crippen LogP contribution in [0.5, 0.6) is 0 Å². The van der Waals surface area contributed by atoms with Crippen molar-refractivity contribution < 1.29 is 9.84 Å². The quantitative estimate of drug-likeness (QED) is 0.666. The summed E-state index contributed by atoms with van der Waals surface area (Å²) >= 11 is 0. The van der Waals surface area contributed by atoms with Crippen molar-refractivity contribution in [2.75, 3.05) is 27.4 Å². The molecule has 0 aromatic carbocycles.